The fourth-order valence-corrected chi connectivity index (χ4v) is 1.82. The summed E-state index contributed by atoms with van der Waals surface area (Å²) in [5.41, 5.74) is 0. The van der Waals surface area contributed by atoms with Gasteiger partial charge in [-0.3, -0.25) is 9.59 Å². The van der Waals surface area contributed by atoms with E-state index in [9.17, 15) is 9.59 Å². The second-order valence-corrected chi connectivity index (χ2v) is 4.16. The third-order valence-corrected chi connectivity index (χ3v) is 2.59. The van der Waals surface area contributed by atoms with Crippen molar-refractivity contribution in [1.29, 1.82) is 5.26 Å². The fourth-order valence-electron chi connectivity index (χ4n) is 1.82. The van der Waals surface area contributed by atoms with Crippen molar-refractivity contribution in [2.45, 2.75) is 38.3 Å². The normalized spacial score (nSPS) is 16.2. The lowest BCUT2D eigenvalue weighted by atomic mass is 10.0. The summed E-state index contributed by atoms with van der Waals surface area (Å²) < 4.78 is 25.4. The highest BCUT2D eigenvalue weighted by Gasteiger charge is 2.40. The van der Waals surface area contributed by atoms with Crippen molar-refractivity contribution in [3.05, 3.63) is 0 Å². The standard InChI is InChI=1S/C13H21NO7/c1-8(15)20-11(7-17-3)12(19-5)13(21-9(2)16)10(6-14)18-4/h10-13H,7H2,1-5H3/t10-,11-,12-,13-/m1/s1. The molecule has 0 aliphatic heterocycles. The highest BCUT2D eigenvalue weighted by molar-refractivity contribution is 5.67. The number of ether oxygens (including phenoxy) is 5. The van der Waals surface area contributed by atoms with Gasteiger partial charge in [-0.25, -0.2) is 0 Å². The van der Waals surface area contributed by atoms with E-state index >= 15 is 0 Å². The van der Waals surface area contributed by atoms with Crippen LogP contribution in [0.5, 0.6) is 0 Å². The Balaban J connectivity index is 5.36. The second kappa shape index (κ2) is 10.1. The number of carbonyl (C=O) groups excluding carboxylic acids is 2. The molecule has 21 heavy (non-hydrogen) atoms. The van der Waals surface area contributed by atoms with Crippen molar-refractivity contribution in [2.75, 3.05) is 27.9 Å². The van der Waals surface area contributed by atoms with Crippen molar-refractivity contribution in [1.82, 2.24) is 0 Å². The van der Waals surface area contributed by atoms with E-state index in [-0.39, 0.29) is 6.61 Å². The number of hydrogen-bond acceptors (Lipinski definition) is 8. The highest BCUT2D eigenvalue weighted by atomic mass is 16.6. The third kappa shape index (κ3) is 6.53. The molecule has 8 nitrogen and oxygen atoms in total. The summed E-state index contributed by atoms with van der Waals surface area (Å²) in [6, 6.07) is 1.86. The van der Waals surface area contributed by atoms with Gasteiger partial charge in [0.05, 0.1) is 12.7 Å². The minimum absolute atomic E-state index is 0.0116. The molecule has 0 aromatic rings. The quantitative estimate of drug-likeness (QED) is 0.550. The molecular formula is C13H21NO7. The lowest BCUT2D eigenvalue weighted by molar-refractivity contribution is -0.185. The molecule has 0 aliphatic rings. The number of carbonyl (C=O) groups is 2. The first-order valence-corrected chi connectivity index (χ1v) is 6.19. The second-order valence-electron chi connectivity index (χ2n) is 4.16. The SMILES string of the molecule is COC[C@@H](OC(C)=O)[C@@H](OC)[C@H](OC(C)=O)[C@@H](C#N)OC. The Labute approximate surface area is 123 Å². The van der Waals surface area contributed by atoms with Crippen LogP contribution in [0.15, 0.2) is 0 Å². The summed E-state index contributed by atoms with van der Waals surface area (Å²) in [6.07, 6.45) is -3.91. The Morgan fingerprint density at radius 2 is 1.57 bits per heavy atom. The molecule has 0 aromatic carbocycles. The first kappa shape index (κ1) is 19.3. The van der Waals surface area contributed by atoms with Crippen LogP contribution in [0.3, 0.4) is 0 Å². The van der Waals surface area contributed by atoms with Gasteiger partial charge in [0.2, 0.25) is 0 Å². The molecule has 0 rings (SSSR count). The average molecular weight is 303 g/mol. The maximum absolute atomic E-state index is 11.2. The molecule has 0 bridgehead atoms. The summed E-state index contributed by atoms with van der Waals surface area (Å²) in [5.74, 6) is -1.16. The van der Waals surface area contributed by atoms with E-state index < -0.39 is 36.4 Å². The first-order chi connectivity index (χ1) is 9.90. The maximum Gasteiger partial charge on any atom is 0.303 e. The molecule has 0 unspecified atom stereocenters. The van der Waals surface area contributed by atoms with Crippen LogP contribution in [0.4, 0.5) is 0 Å². The smallest absolute Gasteiger partial charge is 0.303 e. The molecule has 120 valence electrons. The van der Waals surface area contributed by atoms with Gasteiger partial charge in [-0.15, -0.1) is 0 Å². The predicted molar refractivity (Wildman–Crippen MR) is 70.2 cm³/mol. The van der Waals surface area contributed by atoms with Crippen LogP contribution in [-0.4, -0.2) is 64.3 Å². The van der Waals surface area contributed by atoms with Gasteiger partial charge in [-0.05, 0) is 0 Å². The number of hydrogen-bond donors (Lipinski definition) is 0. The van der Waals surface area contributed by atoms with Crippen molar-refractivity contribution >= 4 is 11.9 Å². The molecule has 0 saturated carbocycles. The predicted octanol–water partition coefficient (Wildman–Crippen LogP) is 0.0498. The van der Waals surface area contributed by atoms with Crippen LogP contribution in [0.25, 0.3) is 0 Å². The van der Waals surface area contributed by atoms with E-state index in [0.29, 0.717) is 0 Å². The number of methoxy groups -OCH3 is 3. The van der Waals surface area contributed by atoms with Crippen molar-refractivity contribution in [3.63, 3.8) is 0 Å². The van der Waals surface area contributed by atoms with Gasteiger partial charge >= 0.3 is 11.9 Å². The van der Waals surface area contributed by atoms with Gasteiger partial charge in [0.25, 0.3) is 0 Å². The van der Waals surface area contributed by atoms with E-state index in [4.69, 9.17) is 28.9 Å². The zero-order valence-corrected chi connectivity index (χ0v) is 12.8. The summed E-state index contributed by atoms with van der Waals surface area (Å²) >= 11 is 0. The molecule has 8 heteroatoms. The molecule has 0 aromatic heterocycles. The van der Waals surface area contributed by atoms with Gasteiger partial charge in [0.15, 0.2) is 18.3 Å². The Hall–Kier alpha value is -1.69. The van der Waals surface area contributed by atoms with Crippen LogP contribution >= 0.6 is 0 Å². The molecule has 4 atom stereocenters. The Morgan fingerprint density at radius 1 is 1.00 bits per heavy atom. The lowest BCUT2D eigenvalue weighted by Crippen LogP contribution is -2.51. The van der Waals surface area contributed by atoms with Gasteiger partial charge in [0.1, 0.15) is 6.10 Å². The Morgan fingerprint density at radius 3 is 1.90 bits per heavy atom. The Bertz CT molecular complexity index is 379. The van der Waals surface area contributed by atoms with E-state index in [1.54, 1.807) is 0 Å². The van der Waals surface area contributed by atoms with Crippen LogP contribution < -0.4 is 0 Å². The van der Waals surface area contributed by atoms with Crippen LogP contribution in [0.1, 0.15) is 13.8 Å². The molecule has 0 fully saturated rings. The van der Waals surface area contributed by atoms with Crippen molar-refractivity contribution < 1.29 is 33.3 Å². The van der Waals surface area contributed by atoms with E-state index in [1.807, 2.05) is 6.07 Å². The summed E-state index contributed by atoms with van der Waals surface area (Å²) in [4.78, 5) is 22.4. The third-order valence-electron chi connectivity index (χ3n) is 2.59. The number of rotatable bonds is 9. The number of nitriles is 1. The van der Waals surface area contributed by atoms with Crippen molar-refractivity contribution in [3.8, 4) is 6.07 Å². The summed E-state index contributed by atoms with van der Waals surface area (Å²) in [7, 11) is 4.06. The largest absolute Gasteiger partial charge is 0.457 e. The van der Waals surface area contributed by atoms with E-state index in [1.165, 1.54) is 35.2 Å². The molecule has 0 aliphatic carbocycles. The first-order valence-electron chi connectivity index (χ1n) is 6.19. The molecular weight excluding hydrogens is 282 g/mol. The van der Waals surface area contributed by atoms with Gasteiger partial charge < -0.3 is 23.7 Å². The van der Waals surface area contributed by atoms with Gasteiger partial charge in [-0.1, -0.05) is 0 Å². The van der Waals surface area contributed by atoms with Gasteiger partial charge in [0, 0.05) is 35.2 Å². The molecule has 0 N–H and O–H groups in total. The van der Waals surface area contributed by atoms with Crippen LogP contribution in [0, 0.1) is 11.3 Å². The molecule has 0 heterocycles. The Kier molecular flexibility index (Phi) is 9.28. The number of esters is 2. The van der Waals surface area contributed by atoms with E-state index in [2.05, 4.69) is 0 Å². The molecule has 0 saturated heterocycles. The summed E-state index contributed by atoms with van der Waals surface area (Å²) in [5, 5.41) is 9.09. The lowest BCUT2D eigenvalue weighted by Gasteiger charge is -2.32. The van der Waals surface area contributed by atoms with E-state index in [0.717, 1.165) is 0 Å². The van der Waals surface area contributed by atoms with Gasteiger partial charge in [-0.2, -0.15) is 5.26 Å². The number of nitrogens with zero attached hydrogens (tertiary/aromatic N) is 1. The molecule has 0 radical (unpaired) electrons. The minimum atomic E-state index is -1.08. The zero-order valence-electron chi connectivity index (χ0n) is 12.8. The topological polar surface area (TPSA) is 104 Å². The summed E-state index contributed by atoms with van der Waals surface area (Å²) in [6.45, 7) is 2.44. The fraction of sp³-hybridized carbons (Fsp3) is 0.769. The highest BCUT2D eigenvalue weighted by Crippen LogP contribution is 2.17. The zero-order chi connectivity index (χ0) is 16.4. The van der Waals surface area contributed by atoms with Crippen LogP contribution in [0.2, 0.25) is 0 Å². The average Bonchev–Trinajstić information content (AvgIpc) is 2.39. The molecule has 0 spiro atoms. The monoisotopic (exact) mass is 303 g/mol. The molecule has 0 amide bonds. The van der Waals surface area contributed by atoms with Crippen molar-refractivity contribution in [2.24, 2.45) is 0 Å². The minimum Gasteiger partial charge on any atom is -0.457 e. The van der Waals surface area contributed by atoms with Crippen LogP contribution in [-0.2, 0) is 33.3 Å². The maximum atomic E-state index is 11.2.